The van der Waals surface area contributed by atoms with Crippen LogP contribution in [0.1, 0.15) is 59.3 Å². The fraction of sp³-hybridized carbons (Fsp3) is 0.810. The minimum atomic E-state index is -0.571. The topological polar surface area (TPSA) is 74.6 Å². The molecular weight excluding hydrogens is 316 g/mol. The third-order valence-corrected chi connectivity index (χ3v) is 8.55. The van der Waals surface area contributed by atoms with Crippen LogP contribution in [0.15, 0.2) is 11.6 Å². The van der Waals surface area contributed by atoms with Crippen molar-refractivity contribution in [2.75, 3.05) is 0 Å². The Labute approximate surface area is 149 Å². The third-order valence-electron chi connectivity index (χ3n) is 8.55. The van der Waals surface area contributed by atoms with Crippen LogP contribution in [0.4, 0.5) is 0 Å². The number of allylic oxidation sites excluding steroid dienone is 1. The molecule has 0 aromatic rings. The second-order valence-electron chi connectivity index (χ2n) is 9.47. The van der Waals surface area contributed by atoms with Gasteiger partial charge in [-0.2, -0.15) is 0 Å². The van der Waals surface area contributed by atoms with Crippen molar-refractivity contribution in [1.29, 1.82) is 0 Å². The summed E-state index contributed by atoms with van der Waals surface area (Å²) in [5.41, 5.74) is 0.679. The summed E-state index contributed by atoms with van der Waals surface area (Å²) >= 11 is 0. The van der Waals surface area contributed by atoms with Crippen LogP contribution < -0.4 is 0 Å². The zero-order valence-electron chi connectivity index (χ0n) is 15.5. The Morgan fingerprint density at radius 2 is 1.92 bits per heavy atom. The lowest BCUT2D eigenvalue weighted by molar-refractivity contribution is -0.157. The molecule has 0 aliphatic heterocycles. The summed E-state index contributed by atoms with van der Waals surface area (Å²) in [4.78, 5) is 24.1. The largest absolute Gasteiger partial charge is 0.393 e. The molecule has 4 heteroatoms. The van der Waals surface area contributed by atoms with E-state index < -0.39 is 17.6 Å². The zero-order valence-corrected chi connectivity index (χ0v) is 15.5. The van der Waals surface area contributed by atoms with Gasteiger partial charge in [0.05, 0.1) is 12.2 Å². The molecule has 0 unspecified atom stereocenters. The van der Waals surface area contributed by atoms with Gasteiger partial charge in [0.15, 0.2) is 5.78 Å². The van der Waals surface area contributed by atoms with Gasteiger partial charge < -0.3 is 10.2 Å². The number of Topliss-reactive ketones (excluding diaryl/α,β-unsaturated/α-hetero) is 1. The van der Waals surface area contributed by atoms with Gasteiger partial charge in [0, 0.05) is 17.8 Å². The molecule has 2 N–H and O–H groups in total. The van der Waals surface area contributed by atoms with Crippen LogP contribution in [-0.4, -0.2) is 34.0 Å². The van der Waals surface area contributed by atoms with Crippen molar-refractivity contribution in [3.63, 3.8) is 0 Å². The lowest BCUT2D eigenvalue weighted by Crippen LogP contribution is -2.58. The van der Waals surface area contributed by atoms with Gasteiger partial charge in [-0.05, 0) is 68.3 Å². The van der Waals surface area contributed by atoms with E-state index in [0.29, 0.717) is 25.2 Å². The molecule has 0 aromatic heterocycles. The van der Waals surface area contributed by atoms with Gasteiger partial charge in [0.1, 0.15) is 5.78 Å². The second-order valence-corrected chi connectivity index (χ2v) is 9.47. The van der Waals surface area contributed by atoms with Crippen molar-refractivity contribution in [3.05, 3.63) is 11.6 Å². The number of carbonyl (C=O) groups excluding carboxylic acids is 2. The molecule has 0 bridgehead atoms. The van der Waals surface area contributed by atoms with E-state index >= 15 is 0 Å². The first-order chi connectivity index (χ1) is 11.7. The second kappa shape index (κ2) is 5.50. The Morgan fingerprint density at radius 1 is 1.20 bits per heavy atom. The van der Waals surface area contributed by atoms with E-state index in [1.807, 2.05) is 13.0 Å². The Kier molecular flexibility index (Phi) is 3.83. The van der Waals surface area contributed by atoms with Gasteiger partial charge >= 0.3 is 0 Å². The number of fused-ring (bicyclic) bond motifs is 5. The van der Waals surface area contributed by atoms with Crippen LogP contribution in [0.2, 0.25) is 0 Å². The number of ketones is 2. The highest BCUT2D eigenvalue weighted by atomic mass is 16.3. The first-order valence-electron chi connectivity index (χ1n) is 9.80. The Bertz CT molecular complexity index is 652. The number of aliphatic hydroxyl groups is 2. The maximum atomic E-state index is 12.2. The van der Waals surface area contributed by atoms with Crippen LogP contribution in [-0.2, 0) is 9.59 Å². The molecule has 25 heavy (non-hydrogen) atoms. The Hall–Kier alpha value is -1.00. The van der Waals surface area contributed by atoms with E-state index in [9.17, 15) is 19.8 Å². The van der Waals surface area contributed by atoms with Crippen molar-refractivity contribution in [3.8, 4) is 0 Å². The molecule has 4 aliphatic rings. The molecule has 0 heterocycles. The smallest absolute Gasteiger partial charge is 0.155 e. The van der Waals surface area contributed by atoms with Gasteiger partial charge in [0.2, 0.25) is 0 Å². The minimum absolute atomic E-state index is 0.0221. The first kappa shape index (κ1) is 17.4. The number of hydrogen-bond acceptors (Lipinski definition) is 4. The van der Waals surface area contributed by atoms with Crippen molar-refractivity contribution >= 4 is 11.6 Å². The number of rotatable bonds is 1. The van der Waals surface area contributed by atoms with E-state index in [1.54, 1.807) is 6.92 Å². The van der Waals surface area contributed by atoms with Crippen molar-refractivity contribution in [2.45, 2.75) is 71.5 Å². The summed E-state index contributed by atoms with van der Waals surface area (Å²) in [6.07, 6.45) is 5.21. The zero-order chi connectivity index (χ0) is 18.1. The van der Waals surface area contributed by atoms with Crippen LogP contribution in [0.3, 0.4) is 0 Å². The monoisotopic (exact) mass is 346 g/mol. The molecule has 0 aromatic carbocycles. The maximum Gasteiger partial charge on any atom is 0.155 e. The Morgan fingerprint density at radius 3 is 2.60 bits per heavy atom. The van der Waals surface area contributed by atoms with Gasteiger partial charge in [-0.1, -0.05) is 19.4 Å². The molecule has 8 atom stereocenters. The van der Waals surface area contributed by atoms with E-state index in [0.717, 1.165) is 19.3 Å². The fourth-order valence-electron chi connectivity index (χ4n) is 7.20. The van der Waals surface area contributed by atoms with E-state index in [4.69, 9.17) is 0 Å². The van der Waals surface area contributed by atoms with Crippen molar-refractivity contribution in [2.24, 2.45) is 34.5 Å². The lowest BCUT2D eigenvalue weighted by Gasteiger charge is -2.59. The normalized spacial score (nSPS) is 52.0. The lowest BCUT2D eigenvalue weighted by atomic mass is 9.45. The molecule has 4 nitrogen and oxygen atoms in total. The van der Waals surface area contributed by atoms with E-state index in [2.05, 4.69) is 6.92 Å². The predicted octanol–water partition coefficient (Wildman–Crippen LogP) is 2.67. The minimum Gasteiger partial charge on any atom is -0.393 e. The molecule has 0 saturated heterocycles. The summed E-state index contributed by atoms with van der Waals surface area (Å²) in [7, 11) is 0. The summed E-state index contributed by atoms with van der Waals surface area (Å²) in [5.74, 6) is 0.654. The summed E-state index contributed by atoms with van der Waals surface area (Å²) in [6, 6.07) is 0. The standard InChI is InChI=1S/C21H30O4/c1-11(22)15-9-17(24)19-14-5-4-12-8-13(23)6-7-20(12,2)16(14)10-18(25)21(15,19)3/h8,14-19,24-25H,4-7,9-10H2,1-3H3/t14-,15+,16-,17+,18-,19+,20+,21-/m1/s1. The molecule has 138 valence electrons. The third kappa shape index (κ3) is 2.19. The van der Waals surface area contributed by atoms with Crippen LogP contribution in [0, 0.1) is 34.5 Å². The van der Waals surface area contributed by atoms with E-state index in [1.165, 1.54) is 5.57 Å². The molecule has 0 radical (unpaired) electrons. The highest BCUT2D eigenvalue weighted by Crippen LogP contribution is 2.66. The van der Waals surface area contributed by atoms with Crippen LogP contribution in [0.25, 0.3) is 0 Å². The summed E-state index contributed by atoms with van der Waals surface area (Å²) < 4.78 is 0. The first-order valence-corrected chi connectivity index (χ1v) is 9.80. The predicted molar refractivity (Wildman–Crippen MR) is 93.7 cm³/mol. The molecule has 4 aliphatic carbocycles. The van der Waals surface area contributed by atoms with Crippen molar-refractivity contribution < 1.29 is 19.8 Å². The summed E-state index contributed by atoms with van der Waals surface area (Å²) in [5, 5.41) is 22.0. The Balaban J connectivity index is 1.75. The molecule has 0 amide bonds. The molecule has 3 saturated carbocycles. The average molecular weight is 346 g/mol. The van der Waals surface area contributed by atoms with Gasteiger partial charge in [-0.25, -0.2) is 0 Å². The molecular formula is C21H30O4. The highest BCUT2D eigenvalue weighted by Gasteiger charge is 2.65. The van der Waals surface area contributed by atoms with Crippen LogP contribution >= 0.6 is 0 Å². The fourth-order valence-corrected chi connectivity index (χ4v) is 7.20. The summed E-state index contributed by atoms with van der Waals surface area (Å²) in [6.45, 7) is 5.87. The van der Waals surface area contributed by atoms with Gasteiger partial charge in [0.25, 0.3) is 0 Å². The van der Waals surface area contributed by atoms with E-state index in [-0.39, 0.29) is 34.7 Å². The number of aliphatic hydroxyl groups excluding tert-OH is 2. The molecule has 3 fully saturated rings. The van der Waals surface area contributed by atoms with Crippen molar-refractivity contribution in [1.82, 2.24) is 0 Å². The van der Waals surface area contributed by atoms with Gasteiger partial charge in [-0.3, -0.25) is 9.59 Å². The number of carbonyl (C=O) groups is 2. The average Bonchev–Trinajstić information content (AvgIpc) is 2.82. The van der Waals surface area contributed by atoms with Crippen LogP contribution in [0.5, 0.6) is 0 Å². The maximum absolute atomic E-state index is 12.2. The highest BCUT2D eigenvalue weighted by molar-refractivity contribution is 5.91. The number of hydrogen-bond donors (Lipinski definition) is 2. The quantitative estimate of drug-likeness (QED) is 0.765. The SMILES string of the molecule is CC(=O)[C@@H]1C[C@H](O)[C@@H]2[C@@H]3CCC4=CC(=O)CC[C@]4(C)[C@@H]3C[C@@H](O)[C@]21C. The molecule has 4 rings (SSSR count). The molecule has 0 spiro atoms. The van der Waals surface area contributed by atoms with Gasteiger partial charge in [-0.15, -0.1) is 0 Å².